The van der Waals surface area contributed by atoms with Crippen molar-refractivity contribution in [2.45, 2.75) is 0 Å². The van der Waals surface area contributed by atoms with Crippen molar-refractivity contribution in [1.82, 2.24) is 0 Å². The van der Waals surface area contributed by atoms with E-state index < -0.39 is 7.12 Å². The van der Waals surface area contributed by atoms with Gasteiger partial charge in [-0.2, -0.15) is 0 Å². The molecular formula is C36H24BBr2IO2S2. The zero-order valence-electron chi connectivity index (χ0n) is 23.1. The summed E-state index contributed by atoms with van der Waals surface area (Å²) in [6, 6.07) is 45.6. The quantitative estimate of drug-likeness (QED) is 0.134. The van der Waals surface area contributed by atoms with Gasteiger partial charge in [-0.15, -0.1) is 22.7 Å². The van der Waals surface area contributed by atoms with Crippen molar-refractivity contribution in [2.24, 2.45) is 0 Å². The molecule has 0 unspecified atom stereocenters. The van der Waals surface area contributed by atoms with Gasteiger partial charge in [0.1, 0.15) is 0 Å². The number of halogens is 3. The Bertz CT molecular complexity index is 2210. The Balaban J connectivity index is 0.000000128. The van der Waals surface area contributed by atoms with Crippen LogP contribution in [-0.2, 0) is 0 Å². The monoisotopic (exact) mass is 848 g/mol. The van der Waals surface area contributed by atoms with Gasteiger partial charge in [-0.05, 0) is 87.0 Å². The fraction of sp³-hybridized carbons (Fsp3) is 0. The largest absolute Gasteiger partial charge is 0.489 e. The average Bonchev–Trinajstić information content (AvgIpc) is 3.60. The molecule has 0 bridgehead atoms. The normalized spacial score (nSPS) is 10.8. The number of fused-ring (bicyclic) bond motifs is 6. The van der Waals surface area contributed by atoms with Crippen LogP contribution in [0.15, 0.2) is 142 Å². The van der Waals surface area contributed by atoms with E-state index in [1.54, 1.807) is 17.4 Å². The van der Waals surface area contributed by atoms with E-state index in [-0.39, 0.29) is 0 Å². The van der Waals surface area contributed by atoms with E-state index in [9.17, 15) is 10.0 Å². The first-order valence-corrected chi connectivity index (χ1v) is 18.0. The minimum Gasteiger partial charge on any atom is -0.423 e. The molecule has 44 heavy (non-hydrogen) atoms. The van der Waals surface area contributed by atoms with E-state index in [0.29, 0.717) is 5.46 Å². The van der Waals surface area contributed by atoms with Crippen LogP contribution in [0.2, 0.25) is 0 Å². The molecule has 0 saturated carbocycles. The highest BCUT2D eigenvalue weighted by molar-refractivity contribution is 14.1. The van der Waals surface area contributed by atoms with Gasteiger partial charge in [0.25, 0.3) is 0 Å². The molecule has 216 valence electrons. The van der Waals surface area contributed by atoms with Crippen molar-refractivity contribution in [2.75, 3.05) is 0 Å². The summed E-state index contributed by atoms with van der Waals surface area (Å²) in [5, 5.41) is 23.6. The summed E-state index contributed by atoms with van der Waals surface area (Å²) < 4.78 is 8.37. The van der Waals surface area contributed by atoms with Gasteiger partial charge in [0.15, 0.2) is 0 Å². The van der Waals surface area contributed by atoms with Gasteiger partial charge >= 0.3 is 7.12 Å². The Morgan fingerprint density at radius 2 is 1.05 bits per heavy atom. The molecular weight excluding hydrogens is 826 g/mol. The summed E-state index contributed by atoms with van der Waals surface area (Å²) >= 11 is 12.7. The second-order valence-corrected chi connectivity index (χ2v) is 15.1. The summed E-state index contributed by atoms with van der Waals surface area (Å²) in [6.45, 7) is 0. The van der Waals surface area contributed by atoms with Crippen LogP contribution in [0.5, 0.6) is 0 Å². The van der Waals surface area contributed by atoms with Crippen LogP contribution in [0.4, 0.5) is 0 Å². The lowest BCUT2D eigenvalue weighted by molar-refractivity contribution is 0.426. The standard InChI is InChI=1S/C18H11BrS.C12H9BO2S.C6H4BrI/c19-13-6-3-5-12(11-13)14-8-4-9-16-15-7-1-2-10-17(15)20-18(14)16;14-13(15)10-6-3-5-9-8-4-1-2-7-11(8)16-12(9)10;7-5-2-1-3-6(8)4-5/h1-11H;1-7,14-15H;1-4H. The Hall–Kier alpha value is -2.57. The minimum atomic E-state index is -1.41. The first-order valence-electron chi connectivity index (χ1n) is 13.7. The summed E-state index contributed by atoms with van der Waals surface area (Å²) in [5.41, 5.74) is 3.15. The number of hydrogen-bond acceptors (Lipinski definition) is 4. The van der Waals surface area contributed by atoms with Gasteiger partial charge < -0.3 is 10.0 Å². The number of thiophene rings is 2. The highest BCUT2D eigenvalue weighted by Crippen LogP contribution is 2.40. The Kier molecular flexibility index (Phi) is 10.2. The molecule has 2 aromatic heterocycles. The van der Waals surface area contributed by atoms with Crippen LogP contribution in [0.1, 0.15) is 0 Å². The maximum Gasteiger partial charge on any atom is 0.489 e. The molecule has 8 heteroatoms. The summed E-state index contributed by atoms with van der Waals surface area (Å²) in [4.78, 5) is 0. The lowest BCUT2D eigenvalue weighted by Gasteiger charge is -2.04. The third-order valence-corrected chi connectivity index (χ3v) is 11.2. The Morgan fingerprint density at radius 3 is 1.64 bits per heavy atom. The minimum absolute atomic E-state index is 0.582. The molecule has 6 aromatic carbocycles. The van der Waals surface area contributed by atoms with Gasteiger partial charge in [-0.25, -0.2) is 0 Å². The zero-order valence-corrected chi connectivity index (χ0v) is 30.1. The molecule has 0 amide bonds. The lowest BCUT2D eigenvalue weighted by atomic mass is 9.80. The lowest BCUT2D eigenvalue weighted by Crippen LogP contribution is -2.29. The summed E-state index contributed by atoms with van der Waals surface area (Å²) in [7, 11) is -1.41. The summed E-state index contributed by atoms with van der Waals surface area (Å²) in [6.07, 6.45) is 0. The molecule has 0 saturated heterocycles. The van der Waals surface area contributed by atoms with Crippen molar-refractivity contribution in [3.05, 3.63) is 146 Å². The molecule has 0 radical (unpaired) electrons. The Morgan fingerprint density at radius 1 is 0.523 bits per heavy atom. The van der Waals surface area contributed by atoms with E-state index in [2.05, 4.69) is 139 Å². The smallest absolute Gasteiger partial charge is 0.423 e. The SMILES string of the molecule is Brc1cccc(-c2cccc3c2sc2ccccc23)c1.Brc1cccc(I)c1.OB(O)c1cccc2c1sc1ccccc12. The molecule has 0 aliphatic carbocycles. The van der Waals surface area contributed by atoms with Crippen LogP contribution >= 0.6 is 77.1 Å². The van der Waals surface area contributed by atoms with Crippen LogP contribution < -0.4 is 5.46 Å². The van der Waals surface area contributed by atoms with Gasteiger partial charge in [0, 0.05) is 47.5 Å². The average molecular weight is 850 g/mol. The van der Waals surface area contributed by atoms with Crippen molar-refractivity contribution in [1.29, 1.82) is 0 Å². The maximum absolute atomic E-state index is 9.31. The Labute approximate surface area is 294 Å². The molecule has 8 aromatic rings. The van der Waals surface area contributed by atoms with Crippen LogP contribution in [0, 0.1) is 3.57 Å². The van der Waals surface area contributed by atoms with Crippen LogP contribution in [0.3, 0.4) is 0 Å². The third kappa shape index (κ3) is 6.97. The van der Waals surface area contributed by atoms with Crippen LogP contribution in [-0.4, -0.2) is 17.2 Å². The second kappa shape index (κ2) is 14.2. The maximum atomic E-state index is 9.31. The first-order chi connectivity index (χ1) is 21.4. The number of hydrogen-bond donors (Lipinski definition) is 2. The highest BCUT2D eigenvalue weighted by atomic mass is 127. The van der Waals surface area contributed by atoms with Gasteiger partial charge in [0.05, 0.1) is 0 Å². The van der Waals surface area contributed by atoms with Crippen LogP contribution in [0.25, 0.3) is 51.5 Å². The zero-order chi connectivity index (χ0) is 30.6. The molecule has 2 N–H and O–H groups in total. The van der Waals surface area contributed by atoms with E-state index in [0.717, 1.165) is 19.0 Å². The van der Waals surface area contributed by atoms with Crippen molar-refractivity contribution in [3.8, 4) is 11.1 Å². The third-order valence-electron chi connectivity index (χ3n) is 7.04. The molecule has 8 rings (SSSR count). The molecule has 0 fully saturated rings. The molecule has 0 atom stereocenters. The predicted molar refractivity (Wildman–Crippen MR) is 208 cm³/mol. The topological polar surface area (TPSA) is 40.5 Å². The van der Waals surface area contributed by atoms with E-state index in [4.69, 9.17) is 0 Å². The van der Waals surface area contributed by atoms with E-state index in [1.165, 1.54) is 45.0 Å². The van der Waals surface area contributed by atoms with E-state index >= 15 is 0 Å². The van der Waals surface area contributed by atoms with Crippen molar-refractivity contribution in [3.63, 3.8) is 0 Å². The van der Waals surface area contributed by atoms with Crippen molar-refractivity contribution < 1.29 is 10.0 Å². The molecule has 0 aliphatic rings. The molecule has 2 heterocycles. The highest BCUT2D eigenvalue weighted by Gasteiger charge is 2.17. The number of benzene rings is 6. The van der Waals surface area contributed by atoms with Gasteiger partial charge in [0.2, 0.25) is 0 Å². The number of rotatable bonds is 2. The fourth-order valence-corrected chi connectivity index (χ4v) is 9.30. The molecule has 0 aliphatic heterocycles. The molecule has 2 nitrogen and oxygen atoms in total. The fourth-order valence-electron chi connectivity index (χ4n) is 5.06. The predicted octanol–water partition coefficient (Wildman–Crippen LogP) is 11.3. The van der Waals surface area contributed by atoms with Crippen molar-refractivity contribution >= 4 is 130 Å². The second-order valence-electron chi connectivity index (χ2n) is 9.93. The summed E-state index contributed by atoms with van der Waals surface area (Å²) in [5.74, 6) is 0. The van der Waals surface area contributed by atoms with Gasteiger partial charge in [-0.3, -0.25) is 0 Å². The van der Waals surface area contributed by atoms with Gasteiger partial charge in [-0.1, -0.05) is 123 Å². The molecule has 0 spiro atoms. The van der Waals surface area contributed by atoms with E-state index in [1.807, 2.05) is 53.8 Å². The first kappa shape index (κ1) is 31.4.